The highest BCUT2D eigenvalue weighted by molar-refractivity contribution is 5.46. The number of hydrogen-bond acceptors (Lipinski definition) is 5. The molecule has 0 aliphatic carbocycles. The maximum atomic E-state index is 9.74. The molecule has 1 unspecified atom stereocenters. The zero-order valence-electron chi connectivity index (χ0n) is 14.9. The van der Waals surface area contributed by atoms with Crippen LogP contribution in [0.5, 0.6) is 0 Å². The first-order valence-electron chi connectivity index (χ1n) is 7.90. The van der Waals surface area contributed by atoms with Crippen LogP contribution >= 0.6 is 0 Å². The van der Waals surface area contributed by atoms with E-state index in [1.165, 1.54) is 0 Å². The number of aryl methyl sites for hydroxylation is 2. The van der Waals surface area contributed by atoms with Gasteiger partial charge in [-0.15, -0.1) is 5.10 Å². The highest BCUT2D eigenvalue weighted by Gasteiger charge is 2.29. The van der Waals surface area contributed by atoms with Crippen LogP contribution in [0, 0.1) is 19.3 Å². The van der Waals surface area contributed by atoms with Gasteiger partial charge in [0.15, 0.2) is 5.82 Å². The Balaban J connectivity index is 2.32. The van der Waals surface area contributed by atoms with Gasteiger partial charge in [0, 0.05) is 6.04 Å². The SMILES string of the molecule is Cc1cccc(C)c1-n1nnnc1CN(C)C(CO)C(C)(C)C. The maximum Gasteiger partial charge on any atom is 0.170 e. The smallest absolute Gasteiger partial charge is 0.170 e. The summed E-state index contributed by atoms with van der Waals surface area (Å²) in [6, 6.07) is 6.18. The van der Waals surface area contributed by atoms with Crippen molar-refractivity contribution < 1.29 is 5.11 Å². The van der Waals surface area contributed by atoms with Crippen LogP contribution in [0.3, 0.4) is 0 Å². The third-order valence-corrected chi connectivity index (χ3v) is 4.28. The van der Waals surface area contributed by atoms with Crippen molar-refractivity contribution in [1.82, 2.24) is 25.1 Å². The molecule has 1 aromatic carbocycles. The van der Waals surface area contributed by atoms with E-state index in [9.17, 15) is 5.11 Å². The number of aliphatic hydroxyl groups excluding tert-OH is 1. The van der Waals surface area contributed by atoms with Gasteiger partial charge in [0.05, 0.1) is 18.8 Å². The van der Waals surface area contributed by atoms with Crippen LogP contribution in [-0.2, 0) is 6.54 Å². The van der Waals surface area contributed by atoms with Crippen LogP contribution in [0.25, 0.3) is 5.69 Å². The lowest BCUT2D eigenvalue weighted by atomic mass is 9.86. The molecule has 0 radical (unpaired) electrons. The Kier molecular flexibility index (Phi) is 5.16. The Bertz CT molecular complexity index is 639. The fourth-order valence-electron chi connectivity index (χ4n) is 3.03. The Morgan fingerprint density at radius 3 is 2.35 bits per heavy atom. The molecule has 1 atom stereocenters. The van der Waals surface area contributed by atoms with Gasteiger partial charge in [-0.1, -0.05) is 39.0 Å². The quantitative estimate of drug-likeness (QED) is 0.915. The number of rotatable bonds is 5. The summed E-state index contributed by atoms with van der Waals surface area (Å²) in [6.45, 7) is 11.2. The second kappa shape index (κ2) is 6.76. The molecule has 6 heteroatoms. The van der Waals surface area contributed by atoms with Gasteiger partial charge in [-0.2, -0.15) is 4.68 Å². The van der Waals surface area contributed by atoms with Crippen molar-refractivity contribution in [2.75, 3.05) is 13.7 Å². The standard InChI is InChI=1S/C17H27N5O/c1-12-8-7-9-13(2)16(12)22-15(18-19-20-22)10-21(6)14(11-23)17(3,4)5/h7-9,14,23H,10-11H2,1-6H3. The first-order chi connectivity index (χ1) is 10.8. The lowest BCUT2D eigenvalue weighted by molar-refractivity contribution is 0.0593. The normalized spacial score (nSPS) is 13.6. The predicted molar refractivity (Wildman–Crippen MR) is 90.4 cm³/mol. The summed E-state index contributed by atoms with van der Waals surface area (Å²) in [5, 5.41) is 22.0. The summed E-state index contributed by atoms with van der Waals surface area (Å²) < 4.78 is 1.80. The first-order valence-corrected chi connectivity index (χ1v) is 7.90. The van der Waals surface area contributed by atoms with Crippen molar-refractivity contribution in [1.29, 1.82) is 0 Å². The number of para-hydroxylation sites is 1. The molecule has 6 nitrogen and oxygen atoms in total. The fraction of sp³-hybridized carbons (Fsp3) is 0.588. The third-order valence-electron chi connectivity index (χ3n) is 4.28. The van der Waals surface area contributed by atoms with Crippen LogP contribution < -0.4 is 0 Å². The highest BCUT2D eigenvalue weighted by atomic mass is 16.3. The number of benzene rings is 1. The van der Waals surface area contributed by atoms with Crippen molar-refractivity contribution in [3.05, 3.63) is 35.2 Å². The minimum atomic E-state index is -0.0274. The van der Waals surface area contributed by atoms with Gasteiger partial charge >= 0.3 is 0 Å². The molecular formula is C17H27N5O. The number of likely N-dealkylation sites (N-methyl/N-ethyl adjacent to an activating group) is 1. The van der Waals surface area contributed by atoms with E-state index in [0.29, 0.717) is 6.54 Å². The van der Waals surface area contributed by atoms with Crippen LogP contribution in [0.2, 0.25) is 0 Å². The summed E-state index contributed by atoms with van der Waals surface area (Å²) in [4.78, 5) is 2.11. The topological polar surface area (TPSA) is 67.1 Å². The van der Waals surface area contributed by atoms with E-state index >= 15 is 0 Å². The summed E-state index contributed by atoms with van der Waals surface area (Å²) in [7, 11) is 2.00. The van der Waals surface area contributed by atoms with Gasteiger partial charge in [0.1, 0.15) is 0 Å². The molecule has 1 N–H and O–H groups in total. The van der Waals surface area contributed by atoms with Gasteiger partial charge < -0.3 is 5.11 Å². The number of hydrogen-bond donors (Lipinski definition) is 1. The van der Waals surface area contributed by atoms with E-state index in [-0.39, 0.29) is 18.1 Å². The van der Waals surface area contributed by atoms with E-state index in [0.717, 1.165) is 22.6 Å². The van der Waals surface area contributed by atoms with E-state index in [1.54, 1.807) is 4.68 Å². The van der Waals surface area contributed by atoms with E-state index in [1.807, 2.05) is 13.1 Å². The highest BCUT2D eigenvalue weighted by Crippen LogP contribution is 2.25. The van der Waals surface area contributed by atoms with Crippen LogP contribution in [0.1, 0.15) is 37.7 Å². The molecule has 0 aliphatic heterocycles. The van der Waals surface area contributed by atoms with Crippen LogP contribution in [0.4, 0.5) is 0 Å². The third kappa shape index (κ3) is 3.76. The van der Waals surface area contributed by atoms with Crippen LogP contribution in [-0.4, -0.2) is 49.9 Å². The van der Waals surface area contributed by atoms with Gasteiger partial charge in [-0.25, -0.2) is 0 Å². The van der Waals surface area contributed by atoms with Gasteiger partial charge in [-0.3, -0.25) is 4.90 Å². The molecule has 0 aliphatic rings. The molecule has 1 heterocycles. The Hall–Kier alpha value is -1.79. The molecule has 0 bridgehead atoms. The van der Waals surface area contributed by atoms with Crippen molar-refractivity contribution >= 4 is 0 Å². The number of nitrogens with zero attached hydrogens (tertiary/aromatic N) is 5. The fourth-order valence-corrected chi connectivity index (χ4v) is 3.03. The van der Waals surface area contributed by atoms with Crippen molar-refractivity contribution in [3.8, 4) is 5.69 Å². The second-order valence-corrected chi connectivity index (χ2v) is 7.23. The first kappa shape index (κ1) is 17.6. The summed E-state index contributed by atoms with van der Waals surface area (Å²) in [5.41, 5.74) is 3.27. The largest absolute Gasteiger partial charge is 0.395 e. The lowest BCUT2D eigenvalue weighted by Crippen LogP contribution is -2.44. The van der Waals surface area contributed by atoms with E-state index in [2.05, 4.69) is 67.2 Å². The van der Waals surface area contributed by atoms with E-state index < -0.39 is 0 Å². The molecule has 2 aromatic rings. The van der Waals surface area contributed by atoms with Crippen molar-refractivity contribution in [3.63, 3.8) is 0 Å². The summed E-state index contributed by atoms with van der Waals surface area (Å²) in [6.07, 6.45) is 0. The van der Waals surface area contributed by atoms with Crippen molar-refractivity contribution in [2.24, 2.45) is 5.41 Å². The molecule has 0 saturated heterocycles. The second-order valence-electron chi connectivity index (χ2n) is 7.23. The number of tetrazole rings is 1. The molecule has 23 heavy (non-hydrogen) atoms. The average molecular weight is 317 g/mol. The maximum absolute atomic E-state index is 9.74. The molecule has 2 rings (SSSR count). The summed E-state index contributed by atoms with van der Waals surface area (Å²) >= 11 is 0. The minimum Gasteiger partial charge on any atom is -0.395 e. The van der Waals surface area contributed by atoms with Gasteiger partial charge in [0.2, 0.25) is 0 Å². The Morgan fingerprint density at radius 2 is 1.83 bits per heavy atom. The Morgan fingerprint density at radius 1 is 1.22 bits per heavy atom. The summed E-state index contributed by atoms with van der Waals surface area (Å²) in [5.74, 6) is 0.771. The molecule has 0 saturated carbocycles. The molecular weight excluding hydrogens is 290 g/mol. The number of aliphatic hydroxyl groups is 1. The Labute approximate surface area is 138 Å². The monoisotopic (exact) mass is 317 g/mol. The molecule has 1 aromatic heterocycles. The average Bonchev–Trinajstić information content (AvgIpc) is 2.85. The number of aromatic nitrogens is 4. The van der Waals surface area contributed by atoms with E-state index in [4.69, 9.17) is 0 Å². The van der Waals surface area contributed by atoms with Gasteiger partial charge in [0.25, 0.3) is 0 Å². The molecule has 0 amide bonds. The minimum absolute atomic E-state index is 0.0274. The zero-order chi connectivity index (χ0) is 17.2. The molecule has 0 fully saturated rings. The predicted octanol–water partition coefficient (Wildman–Crippen LogP) is 2.12. The van der Waals surface area contributed by atoms with Crippen molar-refractivity contribution in [2.45, 2.75) is 47.2 Å². The zero-order valence-corrected chi connectivity index (χ0v) is 14.9. The van der Waals surface area contributed by atoms with Crippen LogP contribution in [0.15, 0.2) is 18.2 Å². The molecule has 0 spiro atoms. The lowest BCUT2D eigenvalue weighted by Gasteiger charge is -2.36. The molecule has 126 valence electrons. The van der Waals surface area contributed by atoms with Gasteiger partial charge in [-0.05, 0) is 47.9 Å².